The minimum absolute atomic E-state index is 0.254. The third-order valence-electron chi connectivity index (χ3n) is 4.56. The highest BCUT2D eigenvalue weighted by Crippen LogP contribution is 2.35. The maximum absolute atomic E-state index is 4.59. The predicted molar refractivity (Wildman–Crippen MR) is 71.6 cm³/mol. The summed E-state index contributed by atoms with van der Waals surface area (Å²) in [4.78, 5) is 0. The molecule has 4 nitrogen and oxygen atoms in total. The molecule has 1 unspecified atom stereocenters. The fraction of sp³-hybridized carbons (Fsp3) is 0.857. The second-order valence-corrected chi connectivity index (χ2v) is 5.86. The summed E-state index contributed by atoms with van der Waals surface area (Å²) in [5, 5.41) is 12.6. The lowest BCUT2D eigenvalue weighted by molar-refractivity contribution is 0.379. The number of nitrogens with zero attached hydrogens (tertiary/aromatic N) is 3. The molecule has 2 aliphatic rings. The summed E-state index contributed by atoms with van der Waals surface area (Å²) in [6.07, 6.45) is 8.69. The molecule has 4 heteroatoms. The van der Waals surface area contributed by atoms with E-state index < -0.39 is 0 Å². The van der Waals surface area contributed by atoms with Crippen molar-refractivity contribution in [2.45, 2.75) is 63.8 Å². The van der Waals surface area contributed by atoms with Crippen molar-refractivity contribution in [2.75, 3.05) is 13.1 Å². The Balaban J connectivity index is 1.97. The van der Waals surface area contributed by atoms with Crippen molar-refractivity contribution in [2.24, 2.45) is 0 Å². The summed E-state index contributed by atoms with van der Waals surface area (Å²) < 4.78 is 2.44. The molecule has 100 valence electrons. The highest BCUT2D eigenvalue weighted by molar-refractivity contribution is 5.15. The normalized spacial score (nSPS) is 28.1. The summed E-state index contributed by atoms with van der Waals surface area (Å²) in [6, 6.07) is 0. The largest absolute Gasteiger partial charge is 0.316 e. The third-order valence-corrected chi connectivity index (χ3v) is 4.56. The van der Waals surface area contributed by atoms with Gasteiger partial charge in [0.05, 0.1) is 0 Å². The smallest absolute Gasteiger partial charge is 0.140 e. The lowest BCUT2D eigenvalue weighted by Gasteiger charge is -2.27. The van der Waals surface area contributed by atoms with Gasteiger partial charge < -0.3 is 9.88 Å². The maximum Gasteiger partial charge on any atom is 0.140 e. The molecule has 0 aromatic carbocycles. The average molecular weight is 248 g/mol. The van der Waals surface area contributed by atoms with E-state index in [0.717, 1.165) is 26.1 Å². The first-order valence-electron chi connectivity index (χ1n) is 7.49. The number of aromatic nitrogens is 3. The summed E-state index contributed by atoms with van der Waals surface area (Å²) in [5.74, 6) is 2.50. The van der Waals surface area contributed by atoms with Gasteiger partial charge in [0.25, 0.3) is 0 Å². The fourth-order valence-corrected chi connectivity index (χ4v) is 3.62. The number of hydrogen-bond donors (Lipinski definition) is 1. The zero-order chi connectivity index (χ0) is 12.4. The third kappa shape index (κ3) is 1.96. The van der Waals surface area contributed by atoms with E-state index in [-0.39, 0.29) is 5.41 Å². The first-order chi connectivity index (χ1) is 8.86. The molecule has 0 spiro atoms. The van der Waals surface area contributed by atoms with Crippen LogP contribution in [0.15, 0.2) is 0 Å². The van der Waals surface area contributed by atoms with E-state index in [2.05, 4.69) is 27.0 Å². The second kappa shape index (κ2) is 5.00. The molecule has 1 fully saturated rings. The van der Waals surface area contributed by atoms with E-state index in [4.69, 9.17) is 0 Å². The minimum atomic E-state index is 0.254. The van der Waals surface area contributed by atoms with Crippen LogP contribution >= 0.6 is 0 Å². The molecule has 0 bridgehead atoms. The Morgan fingerprint density at radius 3 is 3.00 bits per heavy atom. The molecule has 1 N–H and O–H groups in total. The Morgan fingerprint density at radius 2 is 2.22 bits per heavy atom. The SMILES string of the molecule is CCCC1(c2nnc3n2CCCCC3)CCNC1. The van der Waals surface area contributed by atoms with Gasteiger partial charge in [0.2, 0.25) is 0 Å². The Labute approximate surface area is 109 Å². The minimum Gasteiger partial charge on any atom is -0.316 e. The zero-order valence-electron chi connectivity index (χ0n) is 11.4. The molecular weight excluding hydrogens is 224 g/mol. The van der Waals surface area contributed by atoms with Gasteiger partial charge in [0.15, 0.2) is 0 Å². The maximum atomic E-state index is 4.59. The van der Waals surface area contributed by atoms with Gasteiger partial charge in [-0.2, -0.15) is 0 Å². The molecule has 3 rings (SSSR count). The van der Waals surface area contributed by atoms with Crippen molar-refractivity contribution >= 4 is 0 Å². The molecule has 0 amide bonds. The quantitative estimate of drug-likeness (QED) is 0.890. The Morgan fingerprint density at radius 1 is 1.28 bits per heavy atom. The molecule has 1 atom stereocenters. The van der Waals surface area contributed by atoms with Gasteiger partial charge in [0, 0.05) is 24.9 Å². The highest BCUT2D eigenvalue weighted by atomic mass is 15.3. The Kier molecular flexibility index (Phi) is 3.37. The zero-order valence-corrected chi connectivity index (χ0v) is 11.4. The molecule has 1 saturated heterocycles. The molecule has 18 heavy (non-hydrogen) atoms. The number of aryl methyl sites for hydroxylation is 1. The van der Waals surface area contributed by atoms with Crippen LogP contribution < -0.4 is 5.32 Å². The van der Waals surface area contributed by atoms with Crippen molar-refractivity contribution in [3.8, 4) is 0 Å². The van der Waals surface area contributed by atoms with Gasteiger partial charge in [-0.15, -0.1) is 10.2 Å². The van der Waals surface area contributed by atoms with Gasteiger partial charge in [-0.25, -0.2) is 0 Å². The van der Waals surface area contributed by atoms with E-state index in [1.807, 2.05) is 0 Å². The number of fused-ring (bicyclic) bond motifs is 1. The Bertz CT molecular complexity index is 404. The Hall–Kier alpha value is -0.900. The fourth-order valence-electron chi connectivity index (χ4n) is 3.62. The van der Waals surface area contributed by atoms with Crippen LogP contribution in [0, 0.1) is 0 Å². The molecular formula is C14H24N4. The standard InChI is InChI=1S/C14H24N4/c1-2-7-14(8-9-15-11-14)13-17-16-12-6-4-3-5-10-18(12)13/h15H,2-11H2,1H3. The first-order valence-corrected chi connectivity index (χ1v) is 7.49. The van der Waals surface area contributed by atoms with Crippen LogP contribution in [0.25, 0.3) is 0 Å². The number of nitrogens with one attached hydrogen (secondary N) is 1. The van der Waals surface area contributed by atoms with Crippen molar-refractivity contribution < 1.29 is 0 Å². The summed E-state index contributed by atoms with van der Waals surface area (Å²) in [7, 11) is 0. The van der Waals surface area contributed by atoms with Crippen LogP contribution in [0.1, 0.15) is 57.1 Å². The molecule has 0 radical (unpaired) electrons. The van der Waals surface area contributed by atoms with Crippen LogP contribution in [0.2, 0.25) is 0 Å². The average Bonchev–Trinajstić information content (AvgIpc) is 2.93. The van der Waals surface area contributed by atoms with Crippen LogP contribution in [-0.2, 0) is 18.4 Å². The summed E-state index contributed by atoms with van der Waals surface area (Å²) in [6.45, 7) is 5.62. The predicted octanol–water partition coefficient (Wildman–Crippen LogP) is 2.04. The summed E-state index contributed by atoms with van der Waals surface area (Å²) >= 11 is 0. The molecule has 0 saturated carbocycles. The van der Waals surface area contributed by atoms with Crippen molar-refractivity contribution in [3.05, 3.63) is 11.6 Å². The van der Waals surface area contributed by atoms with Gasteiger partial charge in [-0.3, -0.25) is 0 Å². The molecule has 2 aliphatic heterocycles. The molecule has 3 heterocycles. The second-order valence-electron chi connectivity index (χ2n) is 5.86. The number of hydrogen-bond acceptors (Lipinski definition) is 3. The van der Waals surface area contributed by atoms with Gasteiger partial charge >= 0.3 is 0 Å². The van der Waals surface area contributed by atoms with E-state index in [9.17, 15) is 0 Å². The topological polar surface area (TPSA) is 42.7 Å². The van der Waals surface area contributed by atoms with Crippen molar-refractivity contribution in [1.29, 1.82) is 0 Å². The van der Waals surface area contributed by atoms with Gasteiger partial charge in [0.1, 0.15) is 11.6 Å². The van der Waals surface area contributed by atoms with E-state index >= 15 is 0 Å². The molecule has 1 aromatic rings. The highest BCUT2D eigenvalue weighted by Gasteiger charge is 2.39. The van der Waals surface area contributed by atoms with Crippen LogP contribution in [0.5, 0.6) is 0 Å². The van der Waals surface area contributed by atoms with Crippen LogP contribution in [0.4, 0.5) is 0 Å². The monoisotopic (exact) mass is 248 g/mol. The van der Waals surface area contributed by atoms with Crippen LogP contribution in [0.3, 0.4) is 0 Å². The molecule has 0 aliphatic carbocycles. The van der Waals surface area contributed by atoms with Crippen molar-refractivity contribution in [1.82, 2.24) is 20.1 Å². The lowest BCUT2D eigenvalue weighted by Crippen LogP contribution is -2.32. The van der Waals surface area contributed by atoms with E-state index in [1.54, 1.807) is 0 Å². The van der Waals surface area contributed by atoms with E-state index in [0.29, 0.717) is 0 Å². The molecule has 1 aromatic heterocycles. The van der Waals surface area contributed by atoms with Crippen LogP contribution in [-0.4, -0.2) is 27.9 Å². The first kappa shape index (κ1) is 12.2. The van der Waals surface area contributed by atoms with Gasteiger partial charge in [-0.05, 0) is 32.2 Å². The van der Waals surface area contributed by atoms with E-state index in [1.165, 1.54) is 50.2 Å². The van der Waals surface area contributed by atoms with Gasteiger partial charge in [-0.1, -0.05) is 19.8 Å². The lowest BCUT2D eigenvalue weighted by atomic mass is 9.81. The number of rotatable bonds is 3. The van der Waals surface area contributed by atoms with Crippen molar-refractivity contribution in [3.63, 3.8) is 0 Å². The summed E-state index contributed by atoms with van der Waals surface area (Å²) in [5.41, 5.74) is 0.254.